The molecule has 0 fully saturated rings. The molecule has 1 unspecified atom stereocenters. The van der Waals surface area contributed by atoms with E-state index in [4.69, 9.17) is 5.73 Å². The number of rotatable bonds is 4. The molecule has 0 aliphatic carbocycles. The summed E-state index contributed by atoms with van der Waals surface area (Å²) in [6.45, 7) is 1.97. The van der Waals surface area contributed by atoms with Crippen molar-refractivity contribution in [1.29, 1.82) is 0 Å². The standard InChI is InChI=1S/C16H18N2O2.2ClH/c1-11-9-14(7-8-18-11)13-5-3-12(4-6-13)10-15(17)16(19)20-2;;/h3-9,15H,10,17H2,1-2H3;2*1H. The molecule has 0 spiro atoms. The van der Waals surface area contributed by atoms with Crippen LogP contribution in [0.5, 0.6) is 0 Å². The van der Waals surface area contributed by atoms with E-state index in [-0.39, 0.29) is 30.8 Å². The van der Waals surface area contributed by atoms with E-state index in [1.165, 1.54) is 7.11 Å². The summed E-state index contributed by atoms with van der Waals surface area (Å²) in [6.07, 6.45) is 2.27. The third-order valence-electron chi connectivity index (χ3n) is 3.14. The van der Waals surface area contributed by atoms with Gasteiger partial charge in [-0.15, -0.1) is 24.8 Å². The zero-order valence-corrected chi connectivity index (χ0v) is 14.1. The van der Waals surface area contributed by atoms with Gasteiger partial charge in [0.2, 0.25) is 0 Å². The van der Waals surface area contributed by atoms with Gasteiger partial charge in [0.25, 0.3) is 0 Å². The number of hydrogen-bond acceptors (Lipinski definition) is 4. The normalized spacial score (nSPS) is 10.9. The summed E-state index contributed by atoms with van der Waals surface area (Å²) in [6, 6.07) is 11.4. The molecule has 1 aromatic carbocycles. The van der Waals surface area contributed by atoms with Crippen LogP contribution in [-0.2, 0) is 16.0 Å². The molecule has 2 rings (SSSR count). The Labute approximate surface area is 142 Å². The summed E-state index contributed by atoms with van der Waals surface area (Å²) >= 11 is 0. The van der Waals surface area contributed by atoms with E-state index < -0.39 is 6.04 Å². The molecule has 1 heterocycles. The van der Waals surface area contributed by atoms with Crippen LogP contribution in [0.4, 0.5) is 0 Å². The van der Waals surface area contributed by atoms with Gasteiger partial charge in [-0.05, 0) is 42.2 Å². The summed E-state index contributed by atoms with van der Waals surface area (Å²) in [5.41, 5.74) is 9.99. The number of carbonyl (C=O) groups is 1. The Morgan fingerprint density at radius 3 is 2.36 bits per heavy atom. The summed E-state index contributed by atoms with van der Waals surface area (Å²) in [4.78, 5) is 15.5. The zero-order chi connectivity index (χ0) is 14.5. The number of carbonyl (C=O) groups excluding carboxylic acids is 1. The molecule has 120 valence electrons. The maximum absolute atomic E-state index is 11.3. The molecule has 1 aromatic heterocycles. The van der Waals surface area contributed by atoms with Crippen LogP contribution in [0.1, 0.15) is 11.3 Å². The highest BCUT2D eigenvalue weighted by Gasteiger charge is 2.14. The van der Waals surface area contributed by atoms with Crippen LogP contribution in [-0.4, -0.2) is 24.1 Å². The smallest absolute Gasteiger partial charge is 0.322 e. The van der Waals surface area contributed by atoms with Gasteiger partial charge in [-0.25, -0.2) is 0 Å². The Morgan fingerprint density at radius 1 is 1.18 bits per heavy atom. The van der Waals surface area contributed by atoms with E-state index in [9.17, 15) is 4.79 Å². The average molecular weight is 343 g/mol. The average Bonchev–Trinajstić information content (AvgIpc) is 2.47. The number of methoxy groups -OCH3 is 1. The summed E-state index contributed by atoms with van der Waals surface area (Å²) in [5, 5.41) is 0. The summed E-state index contributed by atoms with van der Waals surface area (Å²) in [5.74, 6) is -0.390. The van der Waals surface area contributed by atoms with Crippen molar-refractivity contribution in [2.45, 2.75) is 19.4 Å². The van der Waals surface area contributed by atoms with Gasteiger partial charge in [0.15, 0.2) is 0 Å². The molecular formula is C16H20Cl2N2O2. The molecule has 0 aliphatic rings. The van der Waals surface area contributed by atoms with Crippen molar-refractivity contribution in [2.24, 2.45) is 5.73 Å². The molecule has 2 N–H and O–H groups in total. The van der Waals surface area contributed by atoms with Crippen molar-refractivity contribution in [3.63, 3.8) is 0 Å². The molecule has 1 atom stereocenters. The van der Waals surface area contributed by atoms with Crippen LogP contribution < -0.4 is 5.73 Å². The number of aryl methyl sites for hydroxylation is 1. The Kier molecular flexibility index (Phi) is 8.72. The second-order valence-electron chi connectivity index (χ2n) is 4.72. The van der Waals surface area contributed by atoms with Crippen molar-refractivity contribution < 1.29 is 9.53 Å². The van der Waals surface area contributed by atoms with Crippen molar-refractivity contribution >= 4 is 30.8 Å². The maximum Gasteiger partial charge on any atom is 0.322 e. The van der Waals surface area contributed by atoms with Gasteiger partial charge < -0.3 is 10.5 Å². The lowest BCUT2D eigenvalue weighted by atomic mass is 10.0. The largest absolute Gasteiger partial charge is 0.468 e. The van der Waals surface area contributed by atoms with E-state index in [0.717, 1.165) is 22.4 Å². The SMILES string of the molecule is COC(=O)C(N)Cc1ccc(-c2ccnc(C)c2)cc1.Cl.Cl. The highest BCUT2D eigenvalue weighted by Crippen LogP contribution is 2.20. The lowest BCUT2D eigenvalue weighted by Crippen LogP contribution is -2.33. The predicted octanol–water partition coefficient (Wildman–Crippen LogP) is 2.94. The van der Waals surface area contributed by atoms with E-state index in [2.05, 4.69) is 9.72 Å². The zero-order valence-electron chi connectivity index (χ0n) is 12.5. The fourth-order valence-electron chi connectivity index (χ4n) is 2.05. The number of aromatic nitrogens is 1. The molecule has 0 amide bonds. The minimum absolute atomic E-state index is 0. The van der Waals surface area contributed by atoms with Crippen LogP contribution in [0, 0.1) is 6.92 Å². The van der Waals surface area contributed by atoms with Gasteiger partial charge in [-0.2, -0.15) is 0 Å². The number of nitrogens with two attached hydrogens (primary N) is 1. The predicted molar refractivity (Wildman–Crippen MR) is 92.6 cm³/mol. The molecule has 0 bridgehead atoms. The molecular weight excluding hydrogens is 323 g/mol. The third-order valence-corrected chi connectivity index (χ3v) is 3.14. The molecule has 2 aromatic rings. The topological polar surface area (TPSA) is 65.2 Å². The van der Waals surface area contributed by atoms with Crippen molar-refractivity contribution in [1.82, 2.24) is 4.98 Å². The molecule has 4 nitrogen and oxygen atoms in total. The first-order chi connectivity index (χ1) is 9.60. The highest BCUT2D eigenvalue weighted by molar-refractivity contribution is 5.85. The van der Waals surface area contributed by atoms with Crippen LogP contribution in [0.25, 0.3) is 11.1 Å². The first kappa shape index (κ1) is 20.4. The monoisotopic (exact) mass is 342 g/mol. The Hall–Kier alpha value is -1.62. The number of benzene rings is 1. The number of nitrogens with zero attached hydrogens (tertiary/aromatic N) is 1. The van der Waals surface area contributed by atoms with Crippen LogP contribution in [0.15, 0.2) is 42.6 Å². The fraction of sp³-hybridized carbons (Fsp3) is 0.250. The Bertz CT molecular complexity index is 603. The number of esters is 1. The molecule has 0 saturated carbocycles. The Morgan fingerprint density at radius 2 is 1.82 bits per heavy atom. The molecule has 0 aliphatic heterocycles. The Balaban J connectivity index is 0.00000220. The highest BCUT2D eigenvalue weighted by atomic mass is 35.5. The molecule has 0 saturated heterocycles. The van der Waals surface area contributed by atoms with E-state index in [1.807, 2.05) is 43.3 Å². The molecule has 0 radical (unpaired) electrons. The van der Waals surface area contributed by atoms with E-state index in [1.54, 1.807) is 6.20 Å². The lowest BCUT2D eigenvalue weighted by molar-refractivity contribution is -0.142. The number of pyridine rings is 1. The van der Waals surface area contributed by atoms with Crippen LogP contribution >= 0.6 is 24.8 Å². The van der Waals surface area contributed by atoms with Crippen molar-refractivity contribution in [3.8, 4) is 11.1 Å². The summed E-state index contributed by atoms with van der Waals surface area (Å²) < 4.78 is 4.62. The van der Waals surface area contributed by atoms with Crippen LogP contribution in [0.2, 0.25) is 0 Å². The van der Waals surface area contributed by atoms with Gasteiger partial charge in [-0.1, -0.05) is 24.3 Å². The molecule has 22 heavy (non-hydrogen) atoms. The van der Waals surface area contributed by atoms with Gasteiger partial charge in [-0.3, -0.25) is 9.78 Å². The number of ether oxygens (including phenoxy) is 1. The van der Waals surface area contributed by atoms with Crippen LogP contribution in [0.3, 0.4) is 0 Å². The lowest BCUT2D eigenvalue weighted by Gasteiger charge is -2.10. The van der Waals surface area contributed by atoms with Gasteiger partial charge in [0.1, 0.15) is 6.04 Å². The first-order valence-electron chi connectivity index (χ1n) is 6.45. The second kappa shape index (κ2) is 9.41. The van der Waals surface area contributed by atoms with E-state index in [0.29, 0.717) is 6.42 Å². The van der Waals surface area contributed by atoms with Crippen molar-refractivity contribution in [2.75, 3.05) is 7.11 Å². The van der Waals surface area contributed by atoms with Crippen molar-refractivity contribution in [3.05, 3.63) is 53.9 Å². The third kappa shape index (κ3) is 5.30. The fourth-order valence-corrected chi connectivity index (χ4v) is 2.05. The molecule has 6 heteroatoms. The second-order valence-corrected chi connectivity index (χ2v) is 4.72. The number of hydrogen-bond donors (Lipinski definition) is 1. The number of halogens is 2. The van der Waals surface area contributed by atoms with Gasteiger partial charge >= 0.3 is 5.97 Å². The van der Waals surface area contributed by atoms with E-state index >= 15 is 0 Å². The first-order valence-corrected chi connectivity index (χ1v) is 6.45. The minimum Gasteiger partial charge on any atom is -0.468 e. The summed E-state index contributed by atoms with van der Waals surface area (Å²) in [7, 11) is 1.34. The maximum atomic E-state index is 11.3. The van der Waals surface area contributed by atoms with Gasteiger partial charge in [0.05, 0.1) is 7.11 Å². The minimum atomic E-state index is -0.617. The van der Waals surface area contributed by atoms with Gasteiger partial charge in [0, 0.05) is 11.9 Å². The quantitative estimate of drug-likeness (QED) is 0.867.